The van der Waals surface area contributed by atoms with Crippen molar-refractivity contribution in [3.8, 4) is 0 Å². The summed E-state index contributed by atoms with van der Waals surface area (Å²) in [5.41, 5.74) is 1.16. The van der Waals surface area contributed by atoms with E-state index in [1.54, 1.807) is 6.92 Å². The summed E-state index contributed by atoms with van der Waals surface area (Å²) >= 11 is 2.69. The van der Waals surface area contributed by atoms with Gasteiger partial charge in [0.1, 0.15) is 5.37 Å². The average Bonchev–Trinajstić information content (AvgIpc) is 2.98. The second kappa shape index (κ2) is 7.62. The molecule has 1 aromatic carbocycles. The van der Waals surface area contributed by atoms with Crippen molar-refractivity contribution >= 4 is 35.4 Å². The molecule has 8 heteroatoms. The van der Waals surface area contributed by atoms with E-state index in [-0.39, 0.29) is 17.0 Å². The van der Waals surface area contributed by atoms with E-state index in [9.17, 15) is 19.8 Å². The number of carboxylic acids is 1. The minimum atomic E-state index is -1.12. The zero-order valence-electron chi connectivity index (χ0n) is 15.1. The Balaban J connectivity index is 1.51. The van der Waals surface area contributed by atoms with Gasteiger partial charge in [0.05, 0.1) is 16.3 Å². The predicted octanol–water partition coefficient (Wildman–Crippen LogP) is 2.28. The minimum absolute atomic E-state index is 0.0193. The molecule has 3 heterocycles. The summed E-state index contributed by atoms with van der Waals surface area (Å²) in [6, 6.07) is 13.9. The standard InChI is InChI=1S/C20H18N2O4S2/c1-12(23)15-17(24)22-16(19(25)26)20(28-18(15)22)27-14-7-5-13(6-8-14)11-21-9-3-2-4-10-21/h2-10,12,15,18,23H,11H2,1H3/p+1/t12-,15+,18-/m1/s1. The van der Waals surface area contributed by atoms with Crippen LogP contribution in [0.1, 0.15) is 12.5 Å². The maximum absolute atomic E-state index is 12.3. The van der Waals surface area contributed by atoms with E-state index in [1.165, 1.54) is 28.4 Å². The Kier molecular flexibility index (Phi) is 5.18. The van der Waals surface area contributed by atoms with Gasteiger partial charge in [0, 0.05) is 22.6 Å². The molecule has 1 aromatic heterocycles. The van der Waals surface area contributed by atoms with Crippen LogP contribution < -0.4 is 4.57 Å². The van der Waals surface area contributed by atoms with Crippen molar-refractivity contribution in [2.24, 2.45) is 5.92 Å². The van der Waals surface area contributed by atoms with Gasteiger partial charge in [-0.25, -0.2) is 9.36 Å². The van der Waals surface area contributed by atoms with E-state index in [2.05, 4.69) is 4.57 Å². The molecule has 2 aliphatic heterocycles. The molecule has 1 fully saturated rings. The largest absolute Gasteiger partial charge is 0.477 e. The molecule has 144 valence electrons. The number of amides is 1. The number of carboxylic acid groups (broad SMARTS) is 1. The van der Waals surface area contributed by atoms with Gasteiger partial charge in [-0.05, 0) is 19.1 Å². The molecule has 0 unspecified atom stereocenters. The lowest BCUT2D eigenvalue weighted by molar-refractivity contribution is -0.688. The fourth-order valence-electron chi connectivity index (χ4n) is 3.34. The van der Waals surface area contributed by atoms with E-state index < -0.39 is 18.0 Å². The number of thioether (sulfide) groups is 2. The third kappa shape index (κ3) is 3.43. The van der Waals surface area contributed by atoms with Gasteiger partial charge in [0.15, 0.2) is 24.6 Å². The first kappa shape index (κ1) is 19.0. The number of carbonyl (C=O) groups excluding carboxylic acids is 1. The molecule has 2 aliphatic rings. The fraction of sp³-hybridized carbons (Fsp3) is 0.250. The SMILES string of the molecule is C[C@@H](O)[C@H]1C(=O)N2C(C(=O)O)=C(Sc3ccc(C[n+]4ccccc4)cc3)S[C@H]12. The second-order valence-corrected chi connectivity index (χ2v) is 9.19. The highest BCUT2D eigenvalue weighted by Gasteiger charge is 2.57. The van der Waals surface area contributed by atoms with Gasteiger partial charge >= 0.3 is 5.97 Å². The fourth-order valence-corrected chi connectivity index (χ4v) is 6.21. The highest BCUT2D eigenvalue weighted by Crippen LogP contribution is 2.55. The predicted molar refractivity (Wildman–Crippen MR) is 106 cm³/mol. The number of aromatic nitrogens is 1. The van der Waals surface area contributed by atoms with Gasteiger partial charge in [-0.2, -0.15) is 0 Å². The molecule has 3 atom stereocenters. The summed E-state index contributed by atoms with van der Waals surface area (Å²) in [4.78, 5) is 26.2. The van der Waals surface area contributed by atoms with Crippen LogP contribution in [0.3, 0.4) is 0 Å². The Morgan fingerprint density at radius 1 is 1.25 bits per heavy atom. The topological polar surface area (TPSA) is 81.7 Å². The molecule has 0 bridgehead atoms. The molecule has 0 radical (unpaired) electrons. The Morgan fingerprint density at radius 3 is 2.54 bits per heavy atom. The molecule has 2 aromatic rings. The summed E-state index contributed by atoms with van der Waals surface area (Å²) < 4.78 is 2.66. The first-order valence-electron chi connectivity index (χ1n) is 8.82. The molecule has 28 heavy (non-hydrogen) atoms. The van der Waals surface area contributed by atoms with E-state index >= 15 is 0 Å². The van der Waals surface area contributed by atoms with E-state index in [4.69, 9.17) is 0 Å². The van der Waals surface area contributed by atoms with Crippen molar-refractivity contribution < 1.29 is 24.4 Å². The number of pyridine rings is 1. The Labute approximate surface area is 170 Å². The van der Waals surface area contributed by atoms with Gasteiger partial charge in [0.2, 0.25) is 5.91 Å². The molecule has 1 saturated heterocycles. The van der Waals surface area contributed by atoms with Gasteiger partial charge in [-0.15, -0.1) is 0 Å². The number of hydrogen-bond acceptors (Lipinski definition) is 5. The maximum Gasteiger partial charge on any atom is 0.354 e. The van der Waals surface area contributed by atoms with Crippen LogP contribution in [0.4, 0.5) is 0 Å². The van der Waals surface area contributed by atoms with Crippen molar-refractivity contribution in [1.29, 1.82) is 0 Å². The first-order chi connectivity index (χ1) is 13.5. The summed E-state index contributed by atoms with van der Waals surface area (Å²) in [5, 5.41) is 19.1. The molecular formula is C20H19N2O4S2+. The van der Waals surface area contributed by atoms with Crippen LogP contribution in [0.2, 0.25) is 0 Å². The average molecular weight is 416 g/mol. The number of β-lactam (4-membered cyclic amide) rings is 1. The Morgan fingerprint density at radius 2 is 1.93 bits per heavy atom. The van der Waals surface area contributed by atoms with E-state index in [1.807, 2.05) is 54.9 Å². The van der Waals surface area contributed by atoms with Gasteiger partial charge < -0.3 is 10.2 Å². The van der Waals surface area contributed by atoms with E-state index in [0.717, 1.165) is 17.0 Å². The van der Waals surface area contributed by atoms with Crippen LogP contribution in [0.25, 0.3) is 0 Å². The molecule has 6 nitrogen and oxygen atoms in total. The van der Waals surface area contributed by atoms with Gasteiger partial charge in [-0.3, -0.25) is 9.69 Å². The summed E-state index contributed by atoms with van der Waals surface area (Å²) in [7, 11) is 0. The smallest absolute Gasteiger partial charge is 0.354 e. The molecule has 2 N–H and O–H groups in total. The number of aliphatic hydroxyl groups is 1. The van der Waals surface area contributed by atoms with Crippen molar-refractivity contribution in [3.05, 3.63) is 70.4 Å². The highest BCUT2D eigenvalue weighted by molar-refractivity contribution is 8.22. The van der Waals surface area contributed by atoms with E-state index in [0.29, 0.717) is 4.24 Å². The summed E-state index contributed by atoms with van der Waals surface area (Å²) in [6.07, 6.45) is 3.21. The van der Waals surface area contributed by atoms with Crippen LogP contribution in [-0.2, 0) is 16.1 Å². The lowest BCUT2D eigenvalue weighted by Gasteiger charge is -2.43. The van der Waals surface area contributed by atoms with Crippen molar-refractivity contribution in [1.82, 2.24) is 4.90 Å². The third-order valence-electron chi connectivity index (χ3n) is 4.74. The molecule has 4 rings (SSSR count). The number of hydrogen-bond donors (Lipinski definition) is 2. The molecule has 1 amide bonds. The second-order valence-electron chi connectivity index (χ2n) is 6.72. The zero-order valence-corrected chi connectivity index (χ0v) is 16.7. The number of nitrogens with zero attached hydrogens (tertiary/aromatic N) is 2. The van der Waals surface area contributed by atoms with Crippen LogP contribution in [0.15, 0.2) is 69.7 Å². The molecular weight excluding hydrogens is 396 g/mol. The molecule has 0 aliphatic carbocycles. The van der Waals surface area contributed by atoms with Crippen molar-refractivity contribution in [3.63, 3.8) is 0 Å². The number of aliphatic hydroxyl groups excluding tert-OH is 1. The Hall–Kier alpha value is -2.29. The first-order valence-corrected chi connectivity index (χ1v) is 10.5. The van der Waals surface area contributed by atoms with Crippen LogP contribution in [0.5, 0.6) is 0 Å². The van der Waals surface area contributed by atoms with Crippen LogP contribution >= 0.6 is 23.5 Å². The van der Waals surface area contributed by atoms with Crippen molar-refractivity contribution in [2.75, 3.05) is 0 Å². The number of carbonyl (C=O) groups is 2. The van der Waals surface area contributed by atoms with Gasteiger partial charge in [0.25, 0.3) is 0 Å². The lowest BCUT2D eigenvalue weighted by atomic mass is 9.92. The van der Waals surface area contributed by atoms with Crippen molar-refractivity contribution in [2.45, 2.75) is 29.8 Å². The number of fused-ring (bicyclic) bond motifs is 1. The highest BCUT2D eigenvalue weighted by atomic mass is 32.2. The number of benzene rings is 1. The Bertz CT molecular complexity index is 944. The monoisotopic (exact) mass is 415 g/mol. The molecule has 0 saturated carbocycles. The number of aliphatic carboxylic acids is 1. The summed E-state index contributed by atoms with van der Waals surface area (Å²) in [6.45, 7) is 2.32. The molecule has 0 spiro atoms. The summed E-state index contributed by atoms with van der Waals surface area (Å²) in [5.74, 6) is -1.99. The van der Waals surface area contributed by atoms with Crippen LogP contribution in [-0.4, -0.2) is 38.5 Å². The zero-order chi connectivity index (χ0) is 19.8. The van der Waals surface area contributed by atoms with Gasteiger partial charge in [-0.1, -0.05) is 41.7 Å². The number of rotatable bonds is 6. The normalized spacial score (nSPS) is 22.1. The van der Waals surface area contributed by atoms with Crippen LogP contribution in [0, 0.1) is 5.92 Å². The lowest BCUT2D eigenvalue weighted by Crippen LogP contribution is -2.60. The minimum Gasteiger partial charge on any atom is -0.477 e. The maximum atomic E-state index is 12.3. The third-order valence-corrected chi connectivity index (χ3v) is 7.32. The quantitative estimate of drug-likeness (QED) is 0.557.